The molecular weight excluding hydrogens is 629 g/mol. The average molecular weight is 651 g/mol. The third-order valence-electron chi connectivity index (χ3n) is 5.18. The number of sulfone groups is 1. The summed E-state index contributed by atoms with van der Waals surface area (Å²) >= 11 is 3.70. The molecule has 0 saturated heterocycles. The van der Waals surface area contributed by atoms with E-state index in [0.717, 1.165) is 6.26 Å². The largest absolute Gasteiger partial charge is 0.489 e. The number of hydrogen-bond donors (Lipinski definition) is 1. The second-order valence-electron chi connectivity index (χ2n) is 7.80. The van der Waals surface area contributed by atoms with E-state index in [-0.39, 0.29) is 56.3 Å². The lowest BCUT2D eigenvalue weighted by atomic mass is 10.1. The summed E-state index contributed by atoms with van der Waals surface area (Å²) in [5.41, 5.74) is 1.68. The normalized spacial score (nSPS) is 12.4. The molecule has 0 aliphatic rings. The van der Waals surface area contributed by atoms with Crippen molar-refractivity contribution in [3.8, 4) is 5.75 Å². The molecule has 3 aromatic rings. The van der Waals surface area contributed by atoms with Gasteiger partial charge in [-0.05, 0) is 59.6 Å². The maximum atomic E-state index is 15.6. The number of nitrogens with zero attached hydrogens (tertiary/aromatic N) is 1. The molecule has 0 aliphatic heterocycles. The van der Waals surface area contributed by atoms with Gasteiger partial charge in [-0.2, -0.15) is 8.78 Å². The molecule has 3 rings (SSSR count). The van der Waals surface area contributed by atoms with Gasteiger partial charge in [0.2, 0.25) is 5.91 Å². The van der Waals surface area contributed by atoms with E-state index in [0.29, 0.717) is 16.9 Å². The first-order chi connectivity index (χ1) is 17.7. The van der Waals surface area contributed by atoms with Gasteiger partial charge in [-0.15, -0.1) is 11.3 Å². The highest BCUT2D eigenvalue weighted by Gasteiger charge is 2.57. The predicted octanol–water partition coefficient (Wildman–Crippen LogP) is 6.61. The van der Waals surface area contributed by atoms with Crippen molar-refractivity contribution in [1.82, 2.24) is 0 Å². The minimum atomic E-state index is -4.93. The van der Waals surface area contributed by atoms with E-state index in [1.54, 1.807) is 0 Å². The summed E-state index contributed by atoms with van der Waals surface area (Å²) in [4.78, 5) is 14.6. The van der Waals surface area contributed by atoms with Crippen LogP contribution in [-0.2, 0) is 35.7 Å². The van der Waals surface area contributed by atoms with Crippen molar-refractivity contribution in [3.05, 3.63) is 62.2 Å². The first kappa shape index (κ1) is 30.1. The molecule has 1 amide bonds. The zero-order valence-corrected chi connectivity index (χ0v) is 24.4. The Hall–Kier alpha value is -2.40. The number of primary amides is 1. The number of fused-ring (bicyclic) bond motifs is 1. The van der Waals surface area contributed by atoms with Crippen LogP contribution in [0.1, 0.15) is 34.6 Å². The van der Waals surface area contributed by atoms with Gasteiger partial charge in [-0.3, -0.25) is 9.36 Å². The highest BCUT2D eigenvalue weighted by atomic mass is 79.9. The molecule has 2 N–H and O–H groups in total. The summed E-state index contributed by atoms with van der Waals surface area (Å²) in [5.74, 6) is -0.855. The topological polar surface area (TPSA) is 126 Å². The van der Waals surface area contributed by atoms with Crippen molar-refractivity contribution in [1.29, 1.82) is 0 Å². The molecule has 0 spiro atoms. The molecule has 2 aromatic carbocycles. The van der Waals surface area contributed by atoms with Gasteiger partial charge >= 0.3 is 13.3 Å². The van der Waals surface area contributed by atoms with Gasteiger partial charge in [0, 0.05) is 21.7 Å². The lowest BCUT2D eigenvalue weighted by Crippen LogP contribution is -2.17. The SMILES string of the molecule is [C-]#[N+]c1cc(S(C)(=O)=O)ccc1COc1cc(C(N)=O)cc2c(Br)c(C(F)(F)P(=O)(OCC)OCC)sc12. The Labute approximate surface area is 230 Å². The molecule has 204 valence electrons. The van der Waals surface area contributed by atoms with Gasteiger partial charge in [0.25, 0.3) is 0 Å². The summed E-state index contributed by atoms with van der Waals surface area (Å²) in [6.45, 7) is 9.40. The molecule has 38 heavy (non-hydrogen) atoms. The Morgan fingerprint density at radius 3 is 2.37 bits per heavy atom. The van der Waals surface area contributed by atoms with Crippen molar-refractivity contribution < 1.29 is 40.3 Å². The van der Waals surface area contributed by atoms with Crippen LogP contribution in [0.3, 0.4) is 0 Å². The molecule has 0 saturated carbocycles. The molecule has 0 atom stereocenters. The van der Waals surface area contributed by atoms with Gasteiger partial charge in [0.05, 0.1) is 29.4 Å². The Bertz CT molecular complexity index is 1590. The van der Waals surface area contributed by atoms with Crippen LogP contribution < -0.4 is 10.5 Å². The third-order valence-corrected chi connectivity index (χ3v) is 10.9. The van der Waals surface area contributed by atoms with E-state index in [1.165, 1.54) is 44.2 Å². The maximum Gasteiger partial charge on any atom is 0.405 e. The number of rotatable bonds is 11. The smallest absolute Gasteiger partial charge is 0.405 e. The highest BCUT2D eigenvalue weighted by Crippen LogP contribution is 2.69. The van der Waals surface area contributed by atoms with Gasteiger partial charge in [-0.25, -0.2) is 13.3 Å². The number of halogens is 3. The number of carbonyl (C=O) groups is 1. The third kappa shape index (κ3) is 5.78. The van der Waals surface area contributed by atoms with Crippen LogP contribution in [0.15, 0.2) is 39.7 Å². The average Bonchev–Trinajstić information content (AvgIpc) is 3.19. The van der Waals surface area contributed by atoms with Crippen LogP contribution in [0.2, 0.25) is 0 Å². The maximum absolute atomic E-state index is 15.6. The Kier molecular flexibility index (Phi) is 9.02. The highest BCUT2D eigenvalue weighted by molar-refractivity contribution is 9.10. The molecule has 0 fully saturated rings. The van der Waals surface area contributed by atoms with E-state index >= 15 is 8.78 Å². The van der Waals surface area contributed by atoms with E-state index in [1.807, 2.05) is 0 Å². The number of hydrogen-bond acceptors (Lipinski definition) is 8. The molecule has 0 bridgehead atoms. The summed E-state index contributed by atoms with van der Waals surface area (Å²) in [6.07, 6.45) is 1.01. The molecule has 0 radical (unpaired) electrons. The van der Waals surface area contributed by atoms with E-state index < -0.39 is 33.9 Å². The zero-order valence-electron chi connectivity index (χ0n) is 20.3. The fourth-order valence-electron chi connectivity index (χ4n) is 3.40. The Balaban J connectivity index is 2.14. The number of benzene rings is 2. The molecule has 0 aliphatic carbocycles. The van der Waals surface area contributed by atoms with Gasteiger partial charge in [0.1, 0.15) is 17.2 Å². The van der Waals surface area contributed by atoms with Crippen molar-refractivity contribution >= 4 is 66.4 Å². The lowest BCUT2D eigenvalue weighted by Gasteiger charge is -2.25. The molecule has 0 unspecified atom stereocenters. The summed E-state index contributed by atoms with van der Waals surface area (Å²) in [5, 5.41) is 0.147. The standard InChI is InChI=1S/C23H22BrF2N2O7PS2/c1-5-34-36(30,35-6-2)23(25,26)21-19(24)16-9-14(22(27)29)10-18(20(16)37-21)33-12-13-7-8-15(38(4,31)32)11-17(13)28-3/h7-11H,5-6,12H2,1-2,4H3,(H2,27,29). The number of amides is 1. The number of ether oxygens (including phenoxy) is 1. The van der Waals surface area contributed by atoms with Gasteiger partial charge < -0.3 is 19.5 Å². The van der Waals surface area contributed by atoms with Crippen molar-refractivity contribution in [2.45, 2.75) is 31.0 Å². The minimum absolute atomic E-state index is 0.00479. The van der Waals surface area contributed by atoms with E-state index in [4.69, 9.17) is 26.1 Å². The van der Waals surface area contributed by atoms with Crippen LogP contribution in [0.5, 0.6) is 5.75 Å². The van der Waals surface area contributed by atoms with E-state index in [9.17, 15) is 17.8 Å². The first-order valence-electron chi connectivity index (χ1n) is 10.9. The van der Waals surface area contributed by atoms with Crippen molar-refractivity contribution in [3.63, 3.8) is 0 Å². The minimum Gasteiger partial charge on any atom is -0.489 e. The van der Waals surface area contributed by atoms with Crippen LogP contribution in [0.4, 0.5) is 14.5 Å². The van der Waals surface area contributed by atoms with Gasteiger partial charge in [0.15, 0.2) is 15.5 Å². The van der Waals surface area contributed by atoms with Crippen LogP contribution in [0, 0.1) is 6.57 Å². The lowest BCUT2D eigenvalue weighted by molar-refractivity contribution is 0.0387. The molecule has 1 aromatic heterocycles. The summed E-state index contributed by atoms with van der Waals surface area (Å²) in [7, 11) is -8.49. The van der Waals surface area contributed by atoms with Crippen LogP contribution in [-0.4, -0.2) is 33.8 Å². The summed E-state index contributed by atoms with van der Waals surface area (Å²) in [6, 6.07) is 6.49. The van der Waals surface area contributed by atoms with E-state index in [2.05, 4.69) is 20.8 Å². The second kappa shape index (κ2) is 11.4. The Morgan fingerprint density at radius 2 is 1.84 bits per heavy atom. The van der Waals surface area contributed by atoms with Crippen LogP contribution in [0.25, 0.3) is 14.9 Å². The van der Waals surface area contributed by atoms with Crippen molar-refractivity contribution in [2.24, 2.45) is 5.73 Å². The van der Waals surface area contributed by atoms with Gasteiger partial charge in [-0.1, -0.05) is 6.07 Å². The number of nitrogens with two attached hydrogens (primary N) is 1. The Morgan fingerprint density at radius 1 is 1.21 bits per heavy atom. The monoisotopic (exact) mass is 650 g/mol. The quantitative estimate of drug-likeness (QED) is 0.183. The molecular formula is C23H22BrF2N2O7PS2. The fraction of sp³-hybridized carbons (Fsp3) is 0.304. The number of thiophene rings is 1. The second-order valence-corrected chi connectivity index (χ2v) is 13.7. The van der Waals surface area contributed by atoms with Crippen LogP contribution >= 0.6 is 34.9 Å². The predicted molar refractivity (Wildman–Crippen MR) is 143 cm³/mol. The number of alkyl halides is 2. The van der Waals surface area contributed by atoms with Crippen molar-refractivity contribution in [2.75, 3.05) is 19.5 Å². The fourth-order valence-corrected chi connectivity index (χ4v) is 8.06. The molecule has 15 heteroatoms. The zero-order chi connectivity index (χ0) is 28.5. The summed E-state index contributed by atoms with van der Waals surface area (Å²) < 4.78 is 83.5. The number of carbonyl (C=O) groups excluding carboxylic acids is 1. The molecule has 1 heterocycles. The first-order valence-corrected chi connectivity index (χ1v) is 15.9. The molecule has 9 nitrogen and oxygen atoms in total.